The van der Waals surface area contributed by atoms with Crippen molar-refractivity contribution in [2.45, 2.75) is 24.2 Å². The molecule has 6 heteroatoms. The van der Waals surface area contributed by atoms with E-state index in [1.165, 1.54) is 6.07 Å². The van der Waals surface area contributed by atoms with Crippen LogP contribution in [0.3, 0.4) is 0 Å². The van der Waals surface area contributed by atoms with Gasteiger partial charge in [-0.3, -0.25) is 4.79 Å². The van der Waals surface area contributed by atoms with E-state index >= 15 is 0 Å². The lowest BCUT2D eigenvalue weighted by Gasteiger charge is -2.09. The van der Waals surface area contributed by atoms with E-state index in [4.69, 9.17) is 5.11 Å². The Morgan fingerprint density at radius 1 is 1.41 bits per heavy atom. The van der Waals surface area contributed by atoms with Crippen molar-refractivity contribution in [2.75, 3.05) is 6.26 Å². The van der Waals surface area contributed by atoms with Crippen LogP contribution in [0.25, 0.3) is 0 Å². The van der Waals surface area contributed by atoms with Gasteiger partial charge in [-0.25, -0.2) is 8.42 Å². The summed E-state index contributed by atoms with van der Waals surface area (Å²) in [4.78, 5) is 10.7. The monoisotopic (exact) mass is 320 g/mol. The summed E-state index contributed by atoms with van der Waals surface area (Å²) in [5.41, 5.74) is 0.649. The topological polar surface area (TPSA) is 71.4 Å². The van der Waals surface area contributed by atoms with Gasteiger partial charge in [0.15, 0.2) is 9.84 Å². The van der Waals surface area contributed by atoms with Gasteiger partial charge in [0.05, 0.1) is 4.90 Å². The summed E-state index contributed by atoms with van der Waals surface area (Å²) in [6, 6.07) is 4.95. The summed E-state index contributed by atoms with van der Waals surface area (Å²) >= 11 is 3.29. The molecule has 0 saturated carbocycles. The van der Waals surface area contributed by atoms with Crippen LogP contribution in [0.15, 0.2) is 27.6 Å². The van der Waals surface area contributed by atoms with Crippen LogP contribution in [0, 0.1) is 0 Å². The summed E-state index contributed by atoms with van der Waals surface area (Å²) in [5, 5.41) is 8.56. The summed E-state index contributed by atoms with van der Waals surface area (Å²) in [6.45, 7) is 0. The average Bonchev–Trinajstić information content (AvgIpc) is 2.18. The van der Waals surface area contributed by atoms with Crippen molar-refractivity contribution in [1.82, 2.24) is 0 Å². The molecule has 0 radical (unpaired) electrons. The van der Waals surface area contributed by atoms with Gasteiger partial charge in [0, 0.05) is 17.1 Å². The first kappa shape index (κ1) is 14.2. The number of rotatable bonds is 5. The fraction of sp³-hybridized carbons (Fsp3) is 0.364. The van der Waals surface area contributed by atoms with Gasteiger partial charge in [0.2, 0.25) is 0 Å². The molecule has 0 fully saturated rings. The fourth-order valence-corrected chi connectivity index (χ4v) is 3.23. The van der Waals surface area contributed by atoms with Gasteiger partial charge < -0.3 is 5.11 Å². The number of hydrogen-bond donors (Lipinski definition) is 1. The summed E-state index contributed by atoms with van der Waals surface area (Å²) in [7, 11) is -3.28. The molecular weight excluding hydrogens is 308 g/mol. The lowest BCUT2D eigenvalue weighted by atomic mass is 10.1. The molecule has 1 N–H and O–H groups in total. The van der Waals surface area contributed by atoms with Crippen molar-refractivity contribution in [2.24, 2.45) is 0 Å². The lowest BCUT2D eigenvalue weighted by Crippen LogP contribution is -2.04. The third-order valence-electron chi connectivity index (χ3n) is 2.29. The molecule has 4 nitrogen and oxygen atoms in total. The molecule has 0 spiro atoms. The van der Waals surface area contributed by atoms with Crippen LogP contribution in [0.1, 0.15) is 18.4 Å². The van der Waals surface area contributed by atoms with Crippen LogP contribution >= 0.6 is 15.9 Å². The molecule has 0 atom stereocenters. The number of carboxylic acid groups (broad SMARTS) is 1. The van der Waals surface area contributed by atoms with E-state index in [9.17, 15) is 13.2 Å². The molecule has 0 heterocycles. The van der Waals surface area contributed by atoms with Crippen LogP contribution in [-0.4, -0.2) is 25.7 Å². The normalized spacial score (nSPS) is 11.4. The maximum absolute atomic E-state index is 11.6. The Balaban J connectivity index is 3.01. The smallest absolute Gasteiger partial charge is 0.303 e. The van der Waals surface area contributed by atoms with Crippen molar-refractivity contribution < 1.29 is 18.3 Å². The highest BCUT2D eigenvalue weighted by molar-refractivity contribution is 9.10. The zero-order valence-electron chi connectivity index (χ0n) is 9.31. The third-order valence-corrected chi connectivity index (χ3v) is 4.22. The Morgan fingerprint density at radius 2 is 2.06 bits per heavy atom. The van der Waals surface area contributed by atoms with Crippen LogP contribution in [0.5, 0.6) is 0 Å². The quantitative estimate of drug-likeness (QED) is 0.903. The summed E-state index contributed by atoms with van der Waals surface area (Å²) in [6.07, 6.45) is 2.02. The summed E-state index contributed by atoms with van der Waals surface area (Å²) in [5.74, 6) is -0.877. The molecule has 94 valence electrons. The van der Waals surface area contributed by atoms with E-state index in [2.05, 4.69) is 15.9 Å². The zero-order chi connectivity index (χ0) is 13.1. The molecule has 0 aliphatic rings. The van der Waals surface area contributed by atoms with Gasteiger partial charge >= 0.3 is 5.97 Å². The molecule has 0 saturated heterocycles. The van der Waals surface area contributed by atoms with Gasteiger partial charge in [-0.1, -0.05) is 22.0 Å². The van der Waals surface area contributed by atoms with Gasteiger partial charge in [0.1, 0.15) is 0 Å². The lowest BCUT2D eigenvalue weighted by molar-refractivity contribution is -0.137. The van der Waals surface area contributed by atoms with Crippen molar-refractivity contribution in [3.63, 3.8) is 0 Å². The molecule has 0 unspecified atom stereocenters. The predicted molar refractivity (Wildman–Crippen MR) is 67.8 cm³/mol. The first-order chi connectivity index (χ1) is 7.82. The molecule has 1 aromatic carbocycles. The minimum absolute atomic E-state index is 0.0323. The number of carbonyl (C=O) groups is 1. The average molecular weight is 321 g/mol. The van der Waals surface area contributed by atoms with E-state index in [1.54, 1.807) is 12.1 Å². The van der Waals surface area contributed by atoms with Crippen LogP contribution in [-0.2, 0) is 21.1 Å². The second-order valence-corrected chi connectivity index (χ2v) is 6.57. The summed E-state index contributed by atoms with van der Waals surface area (Å²) < 4.78 is 23.8. The number of carboxylic acids is 1. The molecule has 0 amide bonds. The first-order valence-corrected chi connectivity index (χ1v) is 7.70. The Labute approximate surface area is 109 Å². The fourth-order valence-electron chi connectivity index (χ4n) is 1.55. The third kappa shape index (κ3) is 4.12. The molecule has 1 rings (SSSR count). The van der Waals surface area contributed by atoms with Crippen molar-refractivity contribution in [1.29, 1.82) is 0 Å². The van der Waals surface area contributed by atoms with Crippen LogP contribution < -0.4 is 0 Å². The van der Waals surface area contributed by atoms with Gasteiger partial charge in [-0.05, 0) is 30.5 Å². The maximum atomic E-state index is 11.6. The second kappa shape index (κ2) is 5.64. The van der Waals surface area contributed by atoms with Crippen LogP contribution in [0.4, 0.5) is 0 Å². The van der Waals surface area contributed by atoms with Crippen molar-refractivity contribution in [3.8, 4) is 0 Å². The van der Waals surface area contributed by atoms with Crippen molar-refractivity contribution >= 4 is 31.7 Å². The largest absolute Gasteiger partial charge is 0.481 e. The molecular formula is C11H13BrO4S. The SMILES string of the molecule is CS(=O)(=O)c1cccc(Br)c1CCCC(=O)O. The number of halogens is 1. The Bertz CT molecular complexity index is 522. The highest BCUT2D eigenvalue weighted by Gasteiger charge is 2.15. The molecule has 0 aromatic heterocycles. The number of sulfone groups is 1. The minimum atomic E-state index is -3.28. The van der Waals surface area contributed by atoms with Crippen LogP contribution in [0.2, 0.25) is 0 Å². The number of aliphatic carboxylic acids is 1. The van der Waals surface area contributed by atoms with Gasteiger partial charge in [-0.15, -0.1) is 0 Å². The second-order valence-electron chi connectivity index (χ2n) is 3.74. The number of benzene rings is 1. The van der Waals surface area contributed by atoms with E-state index in [0.717, 1.165) is 6.26 Å². The van der Waals surface area contributed by atoms with E-state index < -0.39 is 15.8 Å². The van der Waals surface area contributed by atoms with Crippen molar-refractivity contribution in [3.05, 3.63) is 28.2 Å². The Morgan fingerprint density at radius 3 is 2.59 bits per heavy atom. The first-order valence-electron chi connectivity index (χ1n) is 5.01. The molecule has 17 heavy (non-hydrogen) atoms. The van der Waals surface area contributed by atoms with E-state index in [1.807, 2.05) is 0 Å². The highest BCUT2D eigenvalue weighted by atomic mass is 79.9. The maximum Gasteiger partial charge on any atom is 0.303 e. The molecule has 1 aromatic rings. The Kier molecular flexibility index (Phi) is 4.70. The predicted octanol–water partition coefficient (Wildman–Crippen LogP) is 2.26. The zero-order valence-corrected chi connectivity index (χ0v) is 11.7. The standard InChI is InChI=1S/C11H13BrO4S/c1-17(15,16)10-6-3-5-9(12)8(10)4-2-7-11(13)14/h3,5-6H,2,4,7H2,1H3,(H,13,14). The molecule has 0 aliphatic carbocycles. The minimum Gasteiger partial charge on any atom is -0.481 e. The number of hydrogen-bond acceptors (Lipinski definition) is 3. The molecule has 0 aliphatic heterocycles. The van der Waals surface area contributed by atoms with Gasteiger partial charge in [-0.2, -0.15) is 0 Å². The highest BCUT2D eigenvalue weighted by Crippen LogP contribution is 2.26. The van der Waals surface area contributed by atoms with Gasteiger partial charge in [0.25, 0.3) is 0 Å². The van der Waals surface area contributed by atoms with E-state index in [-0.39, 0.29) is 11.3 Å². The van der Waals surface area contributed by atoms with E-state index in [0.29, 0.717) is 22.9 Å². The molecule has 0 bridgehead atoms. The Hall–Kier alpha value is -0.880.